The van der Waals surface area contributed by atoms with E-state index in [1.807, 2.05) is 0 Å². The first kappa shape index (κ1) is 29.8. The second kappa shape index (κ2) is 15.0. The SMILES string of the molecule is C=C(C)C(=O)OC=COc1cccc(C#Cc2ccc(C#Cc3cccc(OC=COC(=O)C(=C)C)c3)c(F)c2)c1. The van der Waals surface area contributed by atoms with Gasteiger partial charge >= 0.3 is 11.9 Å². The second-order valence-electron chi connectivity index (χ2n) is 8.40. The van der Waals surface area contributed by atoms with Gasteiger partial charge in [0, 0.05) is 27.8 Å². The van der Waals surface area contributed by atoms with Crippen molar-refractivity contribution in [2.24, 2.45) is 0 Å². The van der Waals surface area contributed by atoms with Crippen molar-refractivity contribution in [1.82, 2.24) is 0 Å². The predicted molar refractivity (Wildman–Crippen MR) is 153 cm³/mol. The Kier molecular flexibility index (Phi) is 10.9. The largest absolute Gasteiger partial charge is 0.462 e. The maximum absolute atomic E-state index is 14.7. The summed E-state index contributed by atoms with van der Waals surface area (Å²) in [6, 6.07) is 18.3. The third kappa shape index (κ3) is 10.1. The maximum Gasteiger partial charge on any atom is 0.338 e. The van der Waals surface area contributed by atoms with E-state index in [4.69, 9.17) is 18.9 Å². The van der Waals surface area contributed by atoms with Crippen LogP contribution in [0.3, 0.4) is 0 Å². The number of carbonyl (C=O) groups excluding carboxylic acids is 2. The molecule has 0 N–H and O–H groups in total. The van der Waals surface area contributed by atoms with E-state index in [0.29, 0.717) is 28.2 Å². The van der Waals surface area contributed by atoms with Crippen LogP contribution in [0.4, 0.5) is 4.39 Å². The lowest BCUT2D eigenvalue weighted by Crippen LogP contribution is -1.99. The summed E-state index contributed by atoms with van der Waals surface area (Å²) >= 11 is 0. The molecule has 7 heteroatoms. The van der Waals surface area contributed by atoms with Crippen LogP contribution >= 0.6 is 0 Å². The Balaban J connectivity index is 1.62. The molecule has 0 spiro atoms. The molecule has 41 heavy (non-hydrogen) atoms. The molecule has 0 saturated heterocycles. The van der Waals surface area contributed by atoms with Crippen molar-refractivity contribution in [3.05, 3.63) is 144 Å². The first-order valence-electron chi connectivity index (χ1n) is 12.1. The molecule has 204 valence electrons. The Bertz CT molecular complexity index is 1660. The molecule has 0 aromatic heterocycles. The number of hydrogen-bond donors (Lipinski definition) is 0. The molecular weight excluding hydrogens is 523 g/mol. The molecule has 0 aliphatic rings. The highest BCUT2D eigenvalue weighted by atomic mass is 19.1. The van der Waals surface area contributed by atoms with Crippen LogP contribution in [0, 0.1) is 29.5 Å². The molecule has 0 heterocycles. The van der Waals surface area contributed by atoms with Gasteiger partial charge in [0.2, 0.25) is 0 Å². The molecule has 0 amide bonds. The molecule has 0 bridgehead atoms. The standard InChI is InChI=1S/C34H25FO6/c1-24(2)33(36)40-19-17-38-30-9-5-7-26(21-30)11-12-28-14-16-29(32(35)23-28)15-13-27-8-6-10-31(22-27)39-18-20-41-34(37)25(3)4/h5-10,14,16-23H,1,3H2,2,4H3. The van der Waals surface area contributed by atoms with Crippen LogP contribution in [0.25, 0.3) is 0 Å². The van der Waals surface area contributed by atoms with Crippen LogP contribution in [-0.2, 0) is 19.1 Å². The lowest BCUT2D eigenvalue weighted by Gasteiger charge is -2.01. The van der Waals surface area contributed by atoms with Crippen molar-refractivity contribution in [3.8, 4) is 35.2 Å². The highest BCUT2D eigenvalue weighted by molar-refractivity contribution is 5.87. The molecule has 0 saturated carbocycles. The quantitative estimate of drug-likeness (QED) is 0.137. The number of hydrogen-bond acceptors (Lipinski definition) is 6. The van der Waals surface area contributed by atoms with Crippen molar-refractivity contribution in [2.45, 2.75) is 13.8 Å². The van der Waals surface area contributed by atoms with E-state index in [9.17, 15) is 14.0 Å². The summed E-state index contributed by atoms with van der Waals surface area (Å²) in [5.74, 6) is 10.9. The molecule has 3 rings (SSSR count). The molecule has 0 fully saturated rings. The molecule has 3 aromatic carbocycles. The molecular formula is C34H25FO6. The van der Waals surface area contributed by atoms with Gasteiger partial charge in [-0.25, -0.2) is 14.0 Å². The van der Waals surface area contributed by atoms with Gasteiger partial charge in [0.15, 0.2) is 0 Å². The molecule has 0 aliphatic carbocycles. The molecule has 3 aromatic rings. The zero-order valence-corrected chi connectivity index (χ0v) is 22.4. The minimum absolute atomic E-state index is 0.211. The topological polar surface area (TPSA) is 71.1 Å². The third-order valence-electron chi connectivity index (χ3n) is 4.90. The van der Waals surface area contributed by atoms with Crippen LogP contribution in [0.15, 0.2) is 116 Å². The number of halogens is 1. The van der Waals surface area contributed by atoms with Crippen LogP contribution in [0.1, 0.15) is 36.1 Å². The van der Waals surface area contributed by atoms with Gasteiger partial charge < -0.3 is 18.9 Å². The van der Waals surface area contributed by atoms with Gasteiger partial charge in [-0.15, -0.1) is 0 Å². The van der Waals surface area contributed by atoms with Crippen molar-refractivity contribution in [2.75, 3.05) is 0 Å². The normalized spacial score (nSPS) is 10.1. The van der Waals surface area contributed by atoms with Crippen LogP contribution in [-0.4, -0.2) is 11.9 Å². The van der Waals surface area contributed by atoms with E-state index >= 15 is 0 Å². The molecule has 6 nitrogen and oxygen atoms in total. The van der Waals surface area contributed by atoms with Crippen LogP contribution < -0.4 is 9.47 Å². The number of benzene rings is 3. The zero-order chi connectivity index (χ0) is 29.6. The summed E-state index contributed by atoms with van der Waals surface area (Å²) in [6.07, 6.45) is 4.69. The summed E-state index contributed by atoms with van der Waals surface area (Å²) in [5.41, 5.74) is 2.47. The Morgan fingerprint density at radius 1 is 0.659 bits per heavy atom. The maximum atomic E-state index is 14.7. The fraction of sp³-hybridized carbons (Fsp3) is 0.0588. The van der Waals surface area contributed by atoms with Crippen molar-refractivity contribution in [3.63, 3.8) is 0 Å². The van der Waals surface area contributed by atoms with Gasteiger partial charge in [-0.3, -0.25) is 0 Å². The van der Waals surface area contributed by atoms with Crippen molar-refractivity contribution >= 4 is 11.9 Å². The van der Waals surface area contributed by atoms with E-state index in [2.05, 4.69) is 36.8 Å². The fourth-order valence-corrected chi connectivity index (χ4v) is 2.87. The van der Waals surface area contributed by atoms with E-state index in [1.165, 1.54) is 25.5 Å². The number of esters is 2. The number of rotatable bonds is 8. The fourth-order valence-electron chi connectivity index (χ4n) is 2.87. The average molecular weight is 549 g/mol. The molecule has 0 unspecified atom stereocenters. The number of ether oxygens (including phenoxy) is 4. The van der Waals surface area contributed by atoms with Crippen molar-refractivity contribution < 1.29 is 32.9 Å². The molecule has 0 aliphatic heterocycles. The number of carbonyl (C=O) groups is 2. The van der Waals surface area contributed by atoms with E-state index in [0.717, 1.165) is 12.5 Å². The average Bonchev–Trinajstić information content (AvgIpc) is 2.96. The third-order valence-corrected chi connectivity index (χ3v) is 4.90. The Morgan fingerprint density at radius 3 is 1.59 bits per heavy atom. The second-order valence-corrected chi connectivity index (χ2v) is 8.40. The highest BCUT2D eigenvalue weighted by Gasteiger charge is 2.02. The van der Waals surface area contributed by atoms with Gasteiger partial charge in [-0.2, -0.15) is 0 Å². The smallest absolute Gasteiger partial charge is 0.338 e. The predicted octanol–water partition coefficient (Wildman–Crippen LogP) is 6.56. The Labute approximate surface area is 238 Å². The summed E-state index contributed by atoms with van der Waals surface area (Å²) in [6.45, 7) is 10.1. The summed E-state index contributed by atoms with van der Waals surface area (Å²) < 4.78 is 35.2. The molecule has 0 radical (unpaired) electrons. The van der Waals surface area contributed by atoms with Crippen LogP contribution in [0.5, 0.6) is 11.5 Å². The molecule has 0 atom stereocenters. The van der Waals surface area contributed by atoms with Crippen molar-refractivity contribution in [1.29, 1.82) is 0 Å². The Morgan fingerprint density at radius 2 is 1.12 bits per heavy atom. The first-order chi connectivity index (χ1) is 19.7. The monoisotopic (exact) mass is 548 g/mol. The van der Waals surface area contributed by atoms with Gasteiger partial charge in [0.05, 0.1) is 5.56 Å². The first-order valence-corrected chi connectivity index (χ1v) is 12.1. The minimum Gasteiger partial charge on any atom is -0.462 e. The summed E-state index contributed by atoms with van der Waals surface area (Å²) in [4.78, 5) is 22.7. The van der Waals surface area contributed by atoms with E-state index in [1.54, 1.807) is 67.6 Å². The van der Waals surface area contributed by atoms with Gasteiger partial charge in [0.25, 0.3) is 0 Å². The Hall–Kier alpha value is -5.79. The van der Waals surface area contributed by atoms with E-state index in [-0.39, 0.29) is 16.7 Å². The minimum atomic E-state index is -0.558. The lowest BCUT2D eigenvalue weighted by molar-refractivity contribution is -0.134. The van der Waals surface area contributed by atoms with Gasteiger partial charge in [-0.05, 0) is 68.4 Å². The van der Waals surface area contributed by atoms with E-state index < -0.39 is 17.8 Å². The lowest BCUT2D eigenvalue weighted by atomic mass is 10.1. The summed E-state index contributed by atoms with van der Waals surface area (Å²) in [5, 5.41) is 0. The zero-order valence-electron chi connectivity index (χ0n) is 22.4. The van der Waals surface area contributed by atoms with Crippen LogP contribution in [0.2, 0.25) is 0 Å². The van der Waals surface area contributed by atoms with Gasteiger partial charge in [-0.1, -0.05) is 49.0 Å². The summed E-state index contributed by atoms with van der Waals surface area (Å²) in [7, 11) is 0. The highest BCUT2D eigenvalue weighted by Crippen LogP contribution is 2.15. The van der Waals surface area contributed by atoms with Gasteiger partial charge in [0.1, 0.15) is 42.4 Å².